The van der Waals surface area contributed by atoms with Crippen LogP contribution in [-0.2, 0) is 13.0 Å². The second kappa shape index (κ2) is 8.92. The minimum absolute atomic E-state index is 0.0804. The molecule has 4 aromatic rings. The van der Waals surface area contributed by atoms with Gasteiger partial charge in [-0.15, -0.1) is 5.10 Å². The van der Waals surface area contributed by atoms with Crippen molar-refractivity contribution in [2.24, 2.45) is 0 Å². The van der Waals surface area contributed by atoms with Crippen molar-refractivity contribution in [1.82, 2.24) is 19.3 Å². The summed E-state index contributed by atoms with van der Waals surface area (Å²) in [7, 11) is 0. The van der Waals surface area contributed by atoms with Crippen molar-refractivity contribution >= 4 is 16.9 Å². The fourth-order valence-corrected chi connectivity index (χ4v) is 3.54. The fourth-order valence-electron chi connectivity index (χ4n) is 3.54. The Kier molecular flexibility index (Phi) is 5.90. The van der Waals surface area contributed by atoms with Crippen molar-refractivity contribution in [3.05, 3.63) is 82.9 Å². The third-order valence-corrected chi connectivity index (χ3v) is 5.00. The molecule has 0 fully saturated rings. The summed E-state index contributed by atoms with van der Waals surface area (Å²) < 4.78 is 3.36. The molecule has 0 aliphatic carbocycles. The van der Waals surface area contributed by atoms with Crippen molar-refractivity contribution in [2.45, 2.75) is 32.4 Å². The lowest BCUT2D eigenvalue weighted by Crippen LogP contribution is -2.30. The minimum atomic E-state index is -0.346. The first-order valence-electron chi connectivity index (χ1n) is 10.2. The van der Waals surface area contributed by atoms with E-state index in [1.165, 1.54) is 0 Å². The Bertz CT molecular complexity index is 1170. The average Bonchev–Trinajstić information content (AvgIpc) is 3.23. The molecule has 1 atom stereocenters. The predicted octanol–water partition coefficient (Wildman–Crippen LogP) is 3.01. The van der Waals surface area contributed by atoms with E-state index in [9.17, 15) is 9.90 Å². The molecule has 0 amide bonds. The van der Waals surface area contributed by atoms with E-state index in [1.807, 2.05) is 73.8 Å². The number of aliphatic hydroxyl groups excluding tert-OH is 1. The van der Waals surface area contributed by atoms with E-state index < -0.39 is 0 Å². The molecule has 7 heteroatoms. The number of aromatic nitrogens is 4. The Hall–Kier alpha value is -3.45. The SMILES string of the molecule is CCCn1c(=O)nc(N[C@@H](CO)Cc2ccccc2)c2cn(-c3ccccc3)nc21. The Labute approximate surface area is 174 Å². The summed E-state index contributed by atoms with van der Waals surface area (Å²) in [6.45, 7) is 2.48. The van der Waals surface area contributed by atoms with Gasteiger partial charge in [0, 0.05) is 12.7 Å². The van der Waals surface area contributed by atoms with Crippen LogP contribution in [-0.4, -0.2) is 37.1 Å². The number of hydrogen-bond donors (Lipinski definition) is 2. The zero-order valence-electron chi connectivity index (χ0n) is 16.9. The van der Waals surface area contributed by atoms with Gasteiger partial charge in [-0.05, 0) is 30.5 Å². The fraction of sp³-hybridized carbons (Fsp3) is 0.261. The van der Waals surface area contributed by atoms with Crippen LogP contribution < -0.4 is 11.0 Å². The van der Waals surface area contributed by atoms with Crippen LogP contribution in [0.15, 0.2) is 71.7 Å². The first kappa shape index (κ1) is 19.8. The largest absolute Gasteiger partial charge is 0.394 e. The molecule has 0 aliphatic heterocycles. The van der Waals surface area contributed by atoms with Crippen molar-refractivity contribution < 1.29 is 5.11 Å². The maximum absolute atomic E-state index is 12.7. The first-order valence-corrected chi connectivity index (χ1v) is 10.2. The molecule has 30 heavy (non-hydrogen) atoms. The zero-order valence-corrected chi connectivity index (χ0v) is 16.9. The summed E-state index contributed by atoms with van der Waals surface area (Å²) in [5.74, 6) is 0.444. The van der Waals surface area contributed by atoms with E-state index in [-0.39, 0.29) is 18.3 Å². The smallest absolute Gasteiger partial charge is 0.351 e. The number of benzene rings is 2. The number of nitrogens with one attached hydrogen (secondary N) is 1. The van der Waals surface area contributed by atoms with Gasteiger partial charge in [-0.1, -0.05) is 55.5 Å². The standard InChI is InChI=1S/C23H25N5O2/c1-2-13-27-22-20(15-28(26-22)19-11-7-4-8-12-19)21(25-23(27)30)24-18(16-29)14-17-9-5-3-6-10-17/h3-12,15,18,29H,2,13-14,16H2,1H3,(H,24,25,30)/t18-/m1/s1. The number of rotatable bonds is 8. The summed E-state index contributed by atoms with van der Waals surface area (Å²) in [4.78, 5) is 17.0. The molecular formula is C23H25N5O2. The highest BCUT2D eigenvalue weighted by molar-refractivity contribution is 5.86. The monoisotopic (exact) mass is 403 g/mol. The van der Waals surface area contributed by atoms with Crippen LogP contribution in [0.2, 0.25) is 0 Å². The predicted molar refractivity (Wildman–Crippen MR) is 118 cm³/mol. The van der Waals surface area contributed by atoms with Crippen LogP contribution in [0.1, 0.15) is 18.9 Å². The Balaban J connectivity index is 1.76. The molecule has 0 radical (unpaired) electrons. The first-order chi connectivity index (χ1) is 14.7. The lowest BCUT2D eigenvalue weighted by molar-refractivity contribution is 0.273. The Morgan fingerprint density at radius 2 is 1.77 bits per heavy atom. The molecule has 7 nitrogen and oxygen atoms in total. The van der Waals surface area contributed by atoms with Crippen molar-refractivity contribution in [3.8, 4) is 5.69 Å². The number of anilines is 1. The van der Waals surface area contributed by atoms with E-state index in [4.69, 9.17) is 0 Å². The second-order valence-corrected chi connectivity index (χ2v) is 7.25. The van der Waals surface area contributed by atoms with E-state index >= 15 is 0 Å². The molecule has 2 N–H and O–H groups in total. The number of nitrogens with zero attached hydrogens (tertiary/aromatic N) is 4. The van der Waals surface area contributed by atoms with E-state index in [1.54, 1.807) is 9.25 Å². The number of hydrogen-bond acceptors (Lipinski definition) is 5. The highest BCUT2D eigenvalue weighted by Gasteiger charge is 2.18. The molecule has 2 heterocycles. The molecule has 0 aliphatic rings. The van der Waals surface area contributed by atoms with Gasteiger partial charge in [-0.25, -0.2) is 9.48 Å². The maximum Gasteiger partial charge on any atom is 0.351 e. The van der Waals surface area contributed by atoms with Gasteiger partial charge in [-0.2, -0.15) is 4.98 Å². The van der Waals surface area contributed by atoms with Crippen LogP contribution >= 0.6 is 0 Å². The minimum Gasteiger partial charge on any atom is -0.394 e. The summed E-state index contributed by atoms with van der Waals surface area (Å²) in [5.41, 5.74) is 2.24. The third-order valence-electron chi connectivity index (χ3n) is 5.00. The normalized spacial score (nSPS) is 12.2. The highest BCUT2D eigenvalue weighted by atomic mass is 16.3. The Morgan fingerprint density at radius 1 is 1.07 bits per heavy atom. The van der Waals surface area contributed by atoms with Crippen LogP contribution in [0.25, 0.3) is 16.7 Å². The molecule has 2 aromatic heterocycles. The van der Waals surface area contributed by atoms with Crippen LogP contribution in [0.4, 0.5) is 5.82 Å². The van der Waals surface area contributed by atoms with Gasteiger partial charge in [0.05, 0.1) is 23.7 Å². The number of para-hydroxylation sites is 1. The molecule has 0 spiro atoms. The van der Waals surface area contributed by atoms with Crippen molar-refractivity contribution in [3.63, 3.8) is 0 Å². The van der Waals surface area contributed by atoms with E-state index in [2.05, 4.69) is 15.4 Å². The summed E-state index contributed by atoms with van der Waals surface area (Å²) >= 11 is 0. The van der Waals surface area contributed by atoms with Gasteiger partial charge in [0.1, 0.15) is 5.82 Å². The van der Waals surface area contributed by atoms with Crippen LogP contribution in [0, 0.1) is 0 Å². The van der Waals surface area contributed by atoms with Gasteiger partial charge < -0.3 is 10.4 Å². The number of fused-ring (bicyclic) bond motifs is 1. The van der Waals surface area contributed by atoms with Gasteiger partial charge in [0.25, 0.3) is 0 Å². The molecule has 2 aromatic carbocycles. The van der Waals surface area contributed by atoms with Crippen molar-refractivity contribution in [2.75, 3.05) is 11.9 Å². The number of aryl methyl sites for hydroxylation is 1. The highest BCUT2D eigenvalue weighted by Crippen LogP contribution is 2.22. The second-order valence-electron chi connectivity index (χ2n) is 7.25. The summed E-state index contributed by atoms with van der Waals surface area (Å²) in [6, 6.07) is 19.4. The average molecular weight is 403 g/mol. The van der Waals surface area contributed by atoms with E-state index in [0.29, 0.717) is 24.4 Å². The molecular weight excluding hydrogens is 378 g/mol. The number of aliphatic hydroxyl groups is 1. The van der Waals surface area contributed by atoms with Gasteiger partial charge >= 0.3 is 5.69 Å². The van der Waals surface area contributed by atoms with Crippen LogP contribution in [0.3, 0.4) is 0 Å². The molecule has 0 saturated heterocycles. The molecule has 154 valence electrons. The molecule has 0 unspecified atom stereocenters. The van der Waals surface area contributed by atoms with Crippen molar-refractivity contribution in [1.29, 1.82) is 0 Å². The van der Waals surface area contributed by atoms with Gasteiger partial charge in [-0.3, -0.25) is 4.57 Å². The maximum atomic E-state index is 12.7. The lowest BCUT2D eigenvalue weighted by atomic mass is 10.1. The van der Waals surface area contributed by atoms with E-state index in [0.717, 1.165) is 23.1 Å². The quantitative estimate of drug-likeness (QED) is 0.472. The van der Waals surface area contributed by atoms with Gasteiger partial charge in [0.2, 0.25) is 0 Å². The topological polar surface area (TPSA) is 85.0 Å². The third kappa shape index (κ3) is 4.11. The summed E-state index contributed by atoms with van der Waals surface area (Å²) in [6.07, 6.45) is 3.29. The zero-order chi connectivity index (χ0) is 20.9. The molecule has 0 saturated carbocycles. The van der Waals surface area contributed by atoms with Gasteiger partial charge in [0.15, 0.2) is 5.65 Å². The molecule has 0 bridgehead atoms. The molecule has 4 rings (SSSR count). The lowest BCUT2D eigenvalue weighted by Gasteiger charge is -2.18. The Morgan fingerprint density at radius 3 is 2.43 bits per heavy atom. The van der Waals surface area contributed by atoms with Crippen LogP contribution in [0.5, 0.6) is 0 Å². The summed E-state index contributed by atoms with van der Waals surface area (Å²) in [5, 5.41) is 18.6.